The van der Waals surface area contributed by atoms with Crippen molar-refractivity contribution in [1.29, 1.82) is 0 Å². The van der Waals surface area contributed by atoms with Crippen LogP contribution in [0, 0.1) is 6.92 Å². The summed E-state index contributed by atoms with van der Waals surface area (Å²) in [4.78, 5) is 17.4. The van der Waals surface area contributed by atoms with Crippen LogP contribution in [0.4, 0.5) is 5.69 Å². The number of ether oxygens (including phenoxy) is 1. The largest absolute Gasteiger partial charge is 0.495 e. The first-order chi connectivity index (χ1) is 13.5. The standard InChI is InChI=1S/C22H18ClN3O2/c1-14-10-18(20(28-2)12-17(14)23)25-22(27)16-8-9-26-13-19(24-21(26)11-16)15-6-4-3-5-7-15/h3-13H,1-2H3,(H,25,27). The molecule has 28 heavy (non-hydrogen) atoms. The third-order valence-corrected chi connectivity index (χ3v) is 4.93. The third-order valence-electron chi connectivity index (χ3n) is 4.52. The molecule has 2 heterocycles. The molecular formula is C22H18ClN3O2. The number of hydrogen-bond donors (Lipinski definition) is 1. The minimum atomic E-state index is -0.244. The SMILES string of the molecule is COc1cc(Cl)c(C)cc1NC(=O)c1ccn2cc(-c3ccccc3)nc2c1. The number of anilines is 1. The number of hydrogen-bond acceptors (Lipinski definition) is 3. The lowest BCUT2D eigenvalue weighted by Crippen LogP contribution is -2.13. The Morgan fingerprint density at radius 3 is 2.68 bits per heavy atom. The van der Waals surface area contributed by atoms with Crippen molar-refractivity contribution in [2.24, 2.45) is 0 Å². The summed E-state index contributed by atoms with van der Waals surface area (Å²) < 4.78 is 7.22. The van der Waals surface area contributed by atoms with Crippen molar-refractivity contribution < 1.29 is 9.53 Å². The fourth-order valence-electron chi connectivity index (χ4n) is 3.00. The van der Waals surface area contributed by atoms with Crippen molar-refractivity contribution in [3.8, 4) is 17.0 Å². The number of fused-ring (bicyclic) bond motifs is 1. The average Bonchev–Trinajstić information content (AvgIpc) is 3.14. The minimum Gasteiger partial charge on any atom is -0.495 e. The summed E-state index contributed by atoms with van der Waals surface area (Å²) in [5.74, 6) is 0.268. The Hall–Kier alpha value is -3.31. The number of carbonyl (C=O) groups is 1. The van der Waals surface area contributed by atoms with Crippen molar-refractivity contribution in [2.45, 2.75) is 6.92 Å². The van der Waals surface area contributed by atoms with Crippen LogP contribution >= 0.6 is 11.6 Å². The Morgan fingerprint density at radius 2 is 1.93 bits per heavy atom. The highest BCUT2D eigenvalue weighted by Gasteiger charge is 2.13. The van der Waals surface area contributed by atoms with E-state index in [-0.39, 0.29) is 5.91 Å². The number of methoxy groups -OCH3 is 1. The van der Waals surface area contributed by atoms with Gasteiger partial charge in [0.15, 0.2) is 0 Å². The molecule has 140 valence electrons. The fourth-order valence-corrected chi connectivity index (χ4v) is 3.15. The lowest BCUT2D eigenvalue weighted by molar-refractivity contribution is 0.102. The number of nitrogens with one attached hydrogen (secondary N) is 1. The Labute approximate surface area is 167 Å². The van der Waals surface area contributed by atoms with Gasteiger partial charge in [-0.1, -0.05) is 41.9 Å². The molecule has 1 amide bonds. The molecule has 0 spiro atoms. The van der Waals surface area contributed by atoms with Crippen molar-refractivity contribution in [1.82, 2.24) is 9.38 Å². The van der Waals surface area contributed by atoms with E-state index in [1.54, 1.807) is 31.4 Å². The van der Waals surface area contributed by atoms with Crippen LogP contribution in [0.5, 0.6) is 5.75 Å². The zero-order chi connectivity index (χ0) is 19.7. The van der Waals surface area contributed by atoms with Crippen LogP contribution in [0.2, 0.25) is 5.02 Å². The van der Waals surface area contributed by atoms with E-state index in [0.29, 0.717) is 27.7 Å². The highest BCUT2D eigenvalue weighted by Crippen LogP contribution is 2.31. The first kappa shape index (κ1) is 18.1. The second-order valence-corrected chi connectivity index (χ2v) is 6.84. The zero-order valence-electron chi connectivity index (χ0n) is 15.4. The molecular weight excluding hydrogens is 374 g/mol. The van der Waals surface area contributed by atoms with Gasteiger partial charge in [0.05, 0.1) is 18.5 Å². The number of halogens is 1. The van der Waals surface area contributed by atoms with Crippen molar-refractivity contribution in [3.63, 3.8) is 0 Å². The molecule has 4 rings (SSSR count). The van der Waals surface area contributed by atoms with Crippen LogP contribution in [0.25, 0.3) is 16.9 Å². The maximum absolute atomic E-state index is 12.8. The molecule has 5 nitrogen and oxygen atoms in total. The van der Waals surface area contributed by atoms with E-state index >= 15 is 0 Å². The predicted octanol–water partition coefficient (Wildman–Crippen LogP) is 5.22. The minimum absolute atomic E-state index is 0.244. The van der Waals surface area contributed by atoms with E-state index < -0.39 is 0 Å². The maximum atomic E-state index is 12.8. The number of aryl methyl sites for hydroxylation is 1. The van der Waals surface area contributed by atoms with Crippen LogP contribution in [-0.4, -0.2) is 22.4 Å². The van der Waals surface area contributed by atoms with Gasteiger partial charge >= 0.3 is 0 Å². The first-order valence-corrected chi connectivity index (χ1v) is 9.12. The second-order valence-electron chi connectivity index (χ2n) is 6.43. The van der Waals surface area contributed by atoms with E-state index in [4.69, 9.17) is 16.3 Å². The number of carbonyl (C=O) groups excluding carboxylic acids is 1. The molecule has 2 aromatic heterocycles. The third kappa shape index (κ3) is 3.44. The van der Waals surface area contributed by atoms with E-state index in [0.717, 1.165) is 16.8 Å². The summed E-state index contributed by atoms with van der Waals surface area (Å²) in [5.41, 5.74) is 4.52. The van der Waals surface area contributed by atoms with Crippen molar-refractivity contribution in [3.05, 3.63) is 83.1 Å². The lowest BCUT2D eigenvalue weighted by atomic mass is 10.2. The quantitative estimate of drug-likeness (QED) is 0.518. The highest BCUT2D eigenvalue weighted by atomic mass is 35.5. The molecule has 0 aliphatic carbocycles. The number of amides is 1. The Balaban J connectivity index is 1.64. The molecule has 0 aliphatic rings. The van der Waals surface area contributed by atoms with Crippen LogP contribution < -0.4 is 10.1 Å². The zero-order valence-corrected chi connectivity index (χ0v) is 16.2. The van der Waals surface area contributed by atoms with Gasteiger partial charge in [-0.05, 0) is 30.7 Å². The van der Waals surface area contributed by atoms with Crippen molar-refractivity contribution >= 4 is 28.8 Å². The smallest absolute Gasteiger partial charge is 0.255 e. The molecule has 0 saturated carbocycles. The van der Waals surface area contributed by atoms with Crippen LogP contribution in [0.1, 0.15) is 15.9 Å². The average molecular weight is 392 g/mol. The molecule has 0 bridgehead atoms. The molecule has 0 atom stereocenters. The summed E-state index contributed by atoms with van der Waals surface area (Å²) in [6.45, 7) is 1.87. The molecule has 0 radical (unpaired) electrons. The van der Waals surface area contributed by atoms with Gasteiger partial charge in [0.1, 0.15) is 11.4 Å². The summed E-state index contributed by atoms with van der Waals surface area (Å²) >= 11 is 6.13. The summed E-state index contributed by atoms with van der Waals surface area (Å²) in [5, 5.41) is 3.47. The Kier molecular flexibility index (Phi) is 4.75. The molecule has 0 aliphatic heterocycles. The van der Waals surface area contributed by atoms with Gasteiger partial charge in [-0.15, -0.1) is 0 Å². The number of rotatable bonds is 4. The second kappa shape index (κ2) is 7.37. The van der Waals surface area contributed by atoms with Gasteiger partial charge in [0, 0.05) is 34.6 Å². The van der Waals surface area contributed by atoms with Gasteiger partial charge in [-0.2, -0.15) is 0 Å². The summed E-state index contributed by atoms with van der Waals surface area (Å²) in [6, 6.07) is 16.9. The van der Waals surface area contributed by atoms with Gasteiger partial charge < -0.3 is 14.5 Å². The molecule has 0 saturated heterocycles. The van der Waals surface area contributed by atoms with Crippen molar-refractivity contribution in [2.75, 3.05) is 12.4 Å². The van der Waals surface area contributed by atoms with Crippen LogP contribution in [-0.2, 0) is 0 Å². The Morgan fingerprint density at radius 1 is 1.14 bits per heavy atom. The van der Waals surface area contributed by atoms with E-state index in [9.17, 15) is 4.79 Å². The summed E-state index contributed by atoms with van der Waals surface area (Å²) in [6.07, 6.45) is 3.77. The lowest BCUT2D eigenvalue weighted by Gasteiger charge is -2.12. The number of benzene rings is 2. The van der Waals surface area contributed by atoms with E-state index in [1.807, 2.05) is 54.0 Å². The van der Waals surface area contributed by atoms with Gasteiger partial charge in [0.2, 0.25) is 0 Å². The van der Waals surface area contributed by atoms with Gasteiger partial charge in [0.25, 0.3) is 5.91 Å². The Bertz CT molecular complexity index is 1170. The molecule has 2 aromatic carbocycles. The van der Waals surface area contributed by atoms with E-state index in [1.165, 1.54) is 0 Å². The highest BCUT2D eigenvalue weighted by molar-refractivity contribution is 6.31. The number of pyridine rings is 1. The van der Waals surface area contributed by atoms with Gasteiger partial charge in [-0.3, -0.25) is 4.79 Å². The number of aromatic nitrogens is 2. The number of imidazole rings is 1. The molecule has 6 heteroatoms. The molecule has 0 unspecified atom stereocenters. The van der Waals surface area contributed by atoms with Gasteiger partial charge in [-0.25, -0.2) is 4.98 Å². The monoisotopic (exact) mass is 391 g/mol. The maximum Gasteiger partial charge on any atom is 0.255 e. The van der Waals surface area contributed by atoms with Crippen LogP contribution in [0.15, 0.2) is 67.0 Å². The number of nitrogens with zero attached hydrogens (tertiary/aromatic N) is 2. The molecule has 0 fully saturated rings. The normalized spacial score (nSPS) is 10.8. The van der Waals surface area contributed by atoms with E-state index in [2.05, 4.69) is 10.3 Å². The predicted molar refractivity (Wildman–Crippen MR) is 111 cm³/mol. The summed E-state index contributed by atoms with van der Waals surface area (Å²) in [7, 11) is 1.54. The first-order valence-electron chi connectivity index (χ1n) is 8.75. The fraction of sp³-hybridized carbons (Fsp3) is 0.0909. The van der Waals surface area contributed by atoms with Crippen LogP contribution in [0.3, 0.4) is 0 Å². The molecule has 1 N–H and O–H groups in total. The molecule has 4 aromatic rings. The topological polar surface area (TPSA) is 55.6 Å².